The van der Waals surface area contributed by atoms with Crippen LogP contribution in [0.5, 0.6) is 0 Å². The molecule has 2 aromatic carbocycles. The Kier molecular flexibility index (Phi) is 4.20. The van der Waals surface area contributed by atoms with Crippen LogP contribution in [0.2, 0.25) is 0 Å². The van der Waals surface area contributed by atoms with Crippen molar-refractivity contribution >= 4 is 11.6 Å². The first-order valence-electron chi connectivity index (χ1n) is 8.58. The predicted octanol–water partition coefficient (Wildman–Crippen LogP) is 3.41. The molecule has 0 aliphatic carbocycles. The van der Waals surface area contributed by atoms with Crippen LogP contribution in [0, 0.1) is 11.3 Å². The highest BCUT2D eigenvalue weighted by atomic mass is 16.1. The average Bonchev–Trinajstić information content (AvgIpc) is 3.13. The van der Waals surface area contributed by atoms with Crippen LogP contribution in [0.3, 0.4) is 0 Å². The summed E-state index contributed by atoms with van der Waals surface area (Å²) in [5, 5.41) is 20.3. The Morgan fingerprint density at radius 1 is 1.04 bits per heavy atom. The number of amides is 1. The lowest BCUT2D eigenvalue weighted by Crippen LogP contribution is -2.12. The second-order valence-electron chi connectivity index (χ2n) is 6.27. The van der Waals surface area contributed by atoms with Crippen molar-refractivity contribution in [1.29, 1.82) is 5.26 Å². The summed E-state index contributed by atoms with van der Waals surface area (Å²) in [7, 11) is 0. The number of benzene rings is 2. The van der Waals surface area contributed by atoms with Gasteiger partial charge in [0.05, 0.1) is 11.6 Å². The summed E-state index contributed by atoms with van der Waals surface area (Å²) in [6.45, 7) is 0.953. The van der Waals surface area contributed by atoms with E-state index in [9.17, 15) is 4.79 Å². The van der Waals surface area contributed by atoms with Gasteiger partial charge in [0, 0.05) is 29.8 Å². The van der Waals surface area contributed by atoms with Gasteiger partial charge in [0.2, 0.25) is 0 Å². The van der Waals surface area contributed by atoms with Crippen molar-refractivity contribution in [3.05, 3.63) is 65.5 Å². The van der Waals surface area contributed by atoms with Gasteiger partial charge in [-0.1, -0.05) is 0 Å². The second-order valence-corrected chi connectivity index (χ2v) is 6.27. The van der Waals surface area contributed by atoms with Crippen molar-refractivity contribution in [3.8, 4) is 17.5 Å². The maximum atomic E-state index is 12.3. The number of rotatable bonds is 3. The number of nitriles is 1. The Balaban J connectivity index is 1.50. The van der Waals surface area contributed by atoms with E-state index in [1.807, 2.05) is 30.3 Å². The number of aromatic nitrogens is 3. The Morgan fingerprint density at radius 2 is 1.81 bits per heavy atom. The molecular formula is C20H17N5O. The van der Waals surface area contributed by atoms with Crippen LogP contribution in [-0.2, 0) is 13.0 Å². The van der Waals surface area contributed by atoms with Crippen LogP contribution < -0.4 is 5.32 Å². The Bertz CT molecular complexity index is 981. The molecule has 26 heavy (non-hydrogen) atoms. The smallest absolute Gasteiger partial charge is 0.255 e. The number of carbonyl (C=O) groups is 1. The fraction of sp³-hybridized carbons (Fsp3) is 0.200. The van der Waals surface area contributed by atoms with Crippen molar-refractivity contribution in [3.63, 3.8) is 0 Å². The number of hydrogen-bond donors (Lipinski definition) is 1. The van der Waals surface area contributed by atoms with Crippen molar-refractivity contribution in [2.24, 2.45) is 0 Å². The van der Waals surface area contributed by atoms with Crippen molar-refractivity contribution in [1.82, 2.24) is 14.8 Å². The first kappa shape index (κ1) is 16.0. The summed E-state index contributed by atoms with van der Waals surface area (Å²) in [6.07, 6.45) is 3.29. The van der Waals surface area contributed by atoms with E-state index in [-0.39, 0.29) is 5.91 Å². The number of fused-ring (bicyclic) bond motifs is 1. The van der Waals surface area contributed by atoms with E-state index in [4.69, 9.17) is 5.26 Å². The Morgan fingerprint density at radius 3 is 2.54 bits per heavy atom. The maximum Gasteiger partial charge on any atom is 0.255 e. The first-order valence-corrected chi connectivity index (χ1v) is 8.58. The van der Waals surface area contributed by atoms with Gasteiger partial charge in [0.1, 0.15) is 5.82 Å². The molecule has 0 bridgehead atoms. The molecule has 0 saturated carbocycles. The van der Waals surface area contributed by atoms with Gasteiger partial charge in [-0.05, 0) is 61.4 Å². The summed E-state index contributed by atoms with van der Waals surface area (Å²) in [6, 6.07) is 16.2. The van der Waals surface area contributed by atoms with Crippen molar-refractivity contribution < 1.29 is 4.79 Å². The molecule has 0 radical (unpaired) electrons. The molecule has 4 rings (SSSR count). The fourth-order valence-electron chi connectivity index (χ4n) is 3.12. The predicted molar refractivity (Wildman–Crippen MR) is 97.5 cm³/mol. The minimum Gasteiger partial charge on any atom is -0.322 e. The average molecular weight is 343 g/mol. The molecule has 3 aromatic rings. The summed E-state index contributed by atoms with van der Waals surface area (Å²) in [4.78, 5) is 12.3. The number of hydrogen-bond acceptors (Lipinski definition) is 4. The molecule has 0 spiro atoms. The number of nitrogens with zero attached hydrogens (tertiary/aromatic N) is 4. The molecule has 6 heteroatoms. The molecule has 0 fully saturated rings. The standard InChI is InChI=1S/C20H17N5O/c21-13-14-4-6-16(7-5-14)20(26)22-17-10-8-15(9-11-17)19-24-23-18-3-1-2-12-25(18)19/h4-11H,1-3,12H2,(H,22,26). The Labute approximate surface area is 151 Å². The van der Waals surface area contributed by atoms with E-state index in [1.165, 1.54) is 6.42 Å². The molecule has 1 amide bonds. The minimum absolute atomic E-state index is 0.206. The van der Waals surface area contributed by atoms with Gasteiger partial charge in [0.15, 0.2) is 5.82 Å². The Hall–Kier alpha value is -3.46. The molecule has 1 aliphatic rings. The normalized spacial score (nSPS) is 12.9. The molecule has 2 heterocycles. The van der Waals surface area contributed by atoms with Gasteiger partial charge in [-0.15, -0.1) is 10.2 Å². The number of aryl methyl sites for hydroxylation is 1. The summed E-state index contributed by atoms with van der Waals surface area (Å²) in [5.41, 5.74) is 2.74. The quantitative estimate of drug-likeness (QED) is 0.790. The van der Waals surface area contributed by atoms with E-state index in [0.717, 1.165) is 36.6 Å². The van der Waals surface area contributed by atoms with E-state index in [2.05, 4.69) is 20.1 Å². The summed E-state index contributed by atoms with van der Waals surface area (Å²) in [5.74, 6) is 1.72. The molecule has 0 unspecified atom stereocenters. The monoisotopic (exact) mass is 343 g/mol. The zero-order valence-corrected chi connectivity index (χ0v) is 14.1. The highest BCUT2D eigenvalue weighted by Crippen LogP contribution is 2.24. The number of anilines is 1. The summed E-state index contributed by atoms with van der Waals surface area (Å²) < 4.78 is 2.17. The third-order valence-electron chi connectivity index (χ3n) is 4.54. The molecule has 1 aromatic heterocycles. The fourth-order valence-corrected chi connectivity index (χ4v) is 3.12. The van der Waals surface area contributed by atoms with E-state index in [1.54, 1.807) is 24.3 Å². The topological polar surface area (TPSA) is 83.6 Å². The zero-order valence-electron chi connectivity index (χ0n) is 14.1. The van der Waals surface area contributed by atoms with Crippen LogP contribution in [0.15, 0.2) is 48.5 Å². The zero-order chi connectivity index (χ0) is 17.9. The van der Waals surface area contributed by atoms with E-state index >= 15 is 0 Å². The number of carbonyl (C=O) groups excluding carboxylic acids is 1. The minimum atomic E-state index is -0.206. The highest BCUT2D eigenvalue weighted by molar-refractivity contribution is 6.04. The molecule has 6 nitrogen and oxygen atoms in total. The summed E-state index contributed by atoms with van der Waals surface area (Å²) >= 11 is 0. The molecule has 0 atom stereocenters. The molecule has 128 valence electrons. The largest absolute Gasteiger partial charge is 0.322 e. The lowest BCUT2D eigenvalue weighted by atomic mass is 10.1. The van der Waals surface area contributed by atoms with Crippen LogP contribution in [-0.4, -0.2) is 20.7 Å². The molecular weight excluding hydrogens is 326 g/mol. The van der Waals surface area contributed by atoms with Crippen LogP contribution in [0.4, 0.5) is 5.69 Å². The van der Waals surface area contributed by atoms with Gasteiger partial charge in [-0.2, -0.15) is 5.26 Å². The van der Waals surface area contributed by atoms with E-state index < -0.39 is 0 Å². The SMILES string of the molecule is N#Cc1ccc(C(=O)Nc2ccc(-c3nnc4n3CCCC4)cc2)cc1. The highest BCUT2D eigenvalue weighted by Gasteiger charge is 2.16. The third kappa shape index (κ3) is 3.07. The van der Waals surface area contributed by atoms with Gasteiger partial charge in [-0.25, -0.2) is 0 Å². The molecule has 0 saturated heterocycles. The maximum absolute atomic E-state index is 12.3. The van der Waals surface area contributed by atoms with Gasteiger partial charge >= 0.3 is 0 Å². The third-order valence-corrected chi connectivity index (χ3v) is 4.54. The van der Waals surface area contributed by atoms with Gasteiger partial charge in [0.25, 0.3) is 5.91 Å². The van der Waals surface area contributed by atoms with Gasteiger partial charge < -0.3 is 9.88 Å². The van der Waals surface area contributed by atoms with Crippen molar-refractivity contribution in [2.75, 3.05) is 5.32 Å². The molecule has 1 N–H and O–H groups in total. The van der Waals surface area contributed by atoms with Crippen molar-refractivity contribution in [2.45, 2.75) is 25.8 Å². The van der Waals surface area contributed by atoms with E-state index in [0.29, 0.717) is 16.8 Å². The van der Waals surface area contributed by atoms with Crippen LogP contribution in [0.25, 0.3) is 11.4 Å². The lowest BCUT2D eigenvalue weighted by molar-refractivity contribution is 0.102. The molecule has 1 aliphatic heterocycles. The van der Waals surface area contributed by atoms with Crippen LogP contribution >= 0.6 is 0 Å². The van der Waals surface area contributed by atoms with Gasteiger partial charge in [-0.3, -0.25) is 4.79 Å². The van der Waals surface area contributed by atoms with Crippen LogP contribution in [0.1, 0.15) is 34.6 Å². The second kappa shape index (κ2) is 6.81. The first-order chi connectivity index (χ1) is 12.7. The lowest BCUT2D eigenvalue weighted by Gasteiger charge is -2.14. The number of nitrogens with one attached hydrogen (secondary N) is 1.